The van der Waals surface area contributed by atoms with Crippen LogP contribution in [0.5, 0.6) is 5.75 Å². The van der Waals surface area contributed by atoms with Crippen LogP contribution < -0.4 is 10.2 Å². The van der Waals surface area contributed by atoms with Gasteiger partial charge < -0.3 is 13.9 Å². The Kier molecular flexibility index (Phi) is 5.48. The van der Waals surface area contributed by atoms with E-state index in [0.29, 0.717) is 5.56 Å². The zero-order valence-electron chi connectivity index (χ0n) is 16.8. The van der Waals surface area contributed by atoms with Crippen molar-refractivity contribution in [3.05, 3.63) is 102 Å². The first-order valence-corrected chi connectivity index (χ1v) is 9.56. The van der Waals surface area contributed by atoms with Crippen LogP contribution in [0, 0.1) is 6.92 Å². The van der Waals surface area contributed by atoms with Gasteiger partial charge in [0, 0.05) is 23.8 Å². The maximum Gasteiger partial charge on any atom is 0.273 e. The van der Waals surface area contributed by atoms with Gasteiger partial charge >= 0.3 is 0 Å². The third-order valence-corrected chi connectivity index (χ3v) is 4.83. The highest BCUT2D eigenvalue weighted by Gasteiger charge is 2.11. The molecule has 2 aromatic heterocycles. The van der Waals surface area contributed by atoms with E-state index in [9.17, 15) is 4.79 Å². The molecule has 0 saturated heterocycles. The van der Waals surface area contributed by atoms with Crippen LogP contribution in [0.1, 0.15) is 21.7 Å². The van der Waals surface area contributed by atoms with Crippen LogP contribution >= 0.6 is 0 Å². The molecular weight excluding hydrogens is 376 g/mol. The van der Waals surface area contributed by atoms with Gasteiger partial charge in [0.15, 0.2) is 0 Å². The number of para-hydroxylation sites is 1. The number of nitrogens with one attached hydrogen (secondary N) is 1. The lowest BCUT2D eigenvalue weighted by Crippen LogP contribution is -2.19. The molecule has 4 aromatic rings. The van der Waals surface area contributed by atoms with Crippen molar-refractivity contribution in [3.63, 3.8) is 0 Å². The Morgan fingerprint density at radius 1 is 0.967 bits per heavy atom. The number of carbonyl (C=O) groups excluding carboxylic acids is 1. The van der Waals surface area contributed by atoms with Crippen molar-refractivity contribution in [1.82, 2.24) is 14.6 Å². The van der Waals surface area contributed by atoms with Gasteiger partial charge in [-0.25, -0.2) is 5.43 Å². The van der Waals surface area contributed by atoms with E-state index in [2.05, 4.69) is 15.1 Å². The smallest absolute Gasteiger partial charge is 0.273 e. The summed E-state index contributed by atoms with van der Waals surface area (Å²) in [6, 6.07) is 23.0. The third-order valence-electron chi connectivity index (χ3n) is 4.83. The molecular formula is C24H22N4O2. The van der Waals surface area contributed by atoms with Gasteiger partial charge in [-0.15, -0.1) is 0 Å². The van der Waals surface area contributed by atoms with E-state index in [-0.39, 0.29) is 5.91 Å². The van der Waals surface area contributed by atoms with Crippen LogP contribution in [0.2, 0.25) is 0 Å². The largest absolute Gasteiger partial charge is 0.497 e. The lowest BCUT2D eigenvalue weighted by atomic mass is 10.1. The Hall–Kier alpha value is -4.06. The van der Waals surface area contributed by atoms with Crippen molar-refractivity contribution in [1.29, 1.82) is 0 Å². The summed E-state index contributed by atoms with van der Waals surface area (Å²) in [5.74, 6) is 0.530. The van der Waals surface area contributed by atoms with Crippen molar-refractivity contribution in [2.24, 2.45) is 5.10 Å². The monoisotopic (exact) mass is 398 g/mol. The molecule has 0 atom stereocenters. The predicted molar refractivity (Wildman–Crippen MR) is 118 cm³/mol. The summed E-state index contributed by atoms with van der Waals surface area (Å²) in [5, 5.41) is 4.19. The van der Waals surface area contributed by atoms with Gasteiger partial charge in [0.05, 0.1) is 30.3 Å². The zero-order chi connectivity index (χ0) is 20.9. The van der Waals surface area contributed by atoms with E-state index in [1.165, 1.54) is 0 Å². The van der Waals surface area contributed by atoms with E-state index in [1.54, 1.807) is 19.4 Å². The van der Waals surface area contributed by atoms with E-state index >= 15 is 0 Å². The number of nitrogens with zero attached hydrogens (tertiary/aromatic N) is 3. The van der Waals surface area contributed by atoms with Crippen molar-refractivity contribution in [3.8, 4) is 17.1 Å². The number of benzene rings is 2. The van der Waals surface area contributed by atoms with E-state index in [4.69, 9.17) is 4.74 Å². The standard InChI is InChI=1S/C24H22N4O2/c1-18-9-10-20(28(18)19-11-13-21(30-2)14-12-19)17-25-26-24(29)22-7-3-4-8-23(22)27-15-5-6-16-27/h3-17H,1-2H3,(H,26,29)/b25-17+. The molecule has 0 aliphatic carbocycles. The second kappa shape index (κ2) is 8.53. The highest BCUT2D eigenvalue weighted by Crippen LogP contribution is 2.19. The number of rotatable bonds is 6. The molecule has 150 valence electrons. The van der Waals surface area contributed by atoms with Crippen LogP contribution in [0.25, 0.3) is 11.4 Å². The third kappa shape index (κ3) is 3.89. The minimum Gasteiger partial charge on any atom is -0.497 e. The van der Waals surface area contributed by atoms with Crippen molar-refractivity contribution in [2.75, 3.05) is 7.11 Å². The fourth-order valence-electron chi connectivity index (χ4n) is 3.35. The summed E-state index contributed by atoms with van der Waals surface area (Å²) in [7, 11) is 1.64. The number of hydrogen-bond acceptors (Lipinski definition) is 3. The van der Waals surface area contributed by atoms with Crippen LogP contribution in [0.15, 0.2) is 90.3 Å². The molecule has 0 aliphatic heterocycles. The summed E-state index contributed by atoms with van der Waals surface area (Å²) >= 11 is 0. The van der Waals surface area contributed by atoms with Crippen LogP contribution in [0.4, 0.5) is 0 Å². The Labute approximate surface area is 175 Å². The molecule has 1 N–H and O–H groups in total. The topological polar surface area (TPSA) is 60.5 Å². The Balaban J connectivity index is 1.54. The fraction of sp³-hybridized carbons (Fsp3) is 0.0833. The molecule has 0 saturated carbocycles. The fourth-order valence-corrected chi connectivity index (χ4v) is 3.35. The summed E-state index contributed by atoms with van der Waals surface area (Å²) in [6.07, 6.45) is 5.45. The summed E-state index contributed by atoms with van der Waals surface area (Å²) in [6.45, 7) is 2.02. The second-order valence-electron chi connectivity index (χ2n) is 6.74. The van der Waals surface area contributed by atoms with E-state index < -0.39 is 0 Å². The minimum atomic E-state index is -0.269. The van der Waals surface area contributed by atoms with Gasteiger partial charge in [-0.05, 0) is 67.6 Å². The highest BCUT2D eigenvalue weighted by atomic mass is 16.5. The number of aryl methyl sites for hydroxylation is 1. The molecule has 6 nitrogen and oxygen atoms in total. The van der Waals surface area contributed by atoms with E-state index in [1.807, 2.05) is 90.6 Å². The van der Waals surface area contributed by atoms with E-state index in [0.717, 1.165) is 28.5 Å². The number of carbonyl (C=O) groups is 1. The number of hydrazone groups is 1. The summed E-state index contributed by atoms with van der Waals surface area (Å²) in [4.78, 5) is 12.7. The first-order chi connectivity index (χ1) is 14.7. The minimum absolute atomic E-state index is 0.269. The average Bonchev–Trinajstić information content (AvgIpc) is 3.44. The first kappa shape index (κ1) is 19.3. The molecule has 30 heavy (non-hydrogen) atoms. The SMILES string of the molecule is COc1ccc(-n2c(C)ccc2/C=N/NC(=O)c2ccccc2-n2cccc2)cc1. The first-order valence-electron chi connectivity index (χ1n) is 9.56. The van der Waals surface area contributed by atoms with Gasteiger partial charge in [-0.3, -0.25) is 4.79 Å². The number of aromatic nitrogens is 2. The number of amides is 1. The molecule has 4 rings (SSSR count). The number of hydrogen-bond donors (Lipinski definition) is 1. The van der Waals surface area contributed by atoms with Gasteiger partial charge in [0.25, 0.3) is 5.91 Å². The molecule has 1 amide bonds. The Morgan fingerprint density at radius 2 is 1.70 bits per heavy atom. The maximum atomic E-state index is 12.7. The molecule has 2 heterocycles. The van der Waals surface area contributed by atoms with Gasteiger partial charge in [-0.1, -0.05) is 12.1 Å². The highest BCUT2D eigenvalue weighted by molar-refractivity contribution is 5.98. The molecule has 0 fully saturated rings. The maximum absolute atomic E-state index is 12.7. The molecule has 0 aliphatic rings. The molecule has 0 spiro atoms. The Bertz CT molecular complexity index is 1170. The van der Waals surface area contributed by atoms with Gasteiger partial charge in [-0.2, -0.15) is 5.10 Å². The van der Waals surface area contributed by atoms with Crippen molar-refractivity contribution < 1.29 is 9.53 Å². The lowest BCUT2D eigenvalue weighted by molar-refractivity contribution is 0.0955. The molecule has 0 bridgehead atoms. The second-order valence-corrected chi connectivity index (χ2v) is 6.74. The van der Waals surface area contributed by atoms with Crippen LogP contribution in [0.3, 0.4) is 0 Å². The number of methoxy groups -OCH3 is 1. The lowest BCUT2D eigenvalue weighted by Gasteiger charge is -2.11. The molecule has 6 heteroatoms. The van der Waals surface area contributed by atoms with Crippen LogP contribution in [-0.2, 0) is 0 Å². The molecule has 0 radical (unpaired) electrons. The molecule has 2 aromatic carbocycles. The summed E-state index contributed by atoms with van der Waals surface area (Å²) < 4.78 is 9.19. The summed E-state index contributed by atoms with van der Waals surface area (Å²) in [5.41, 5.74) is 6.90. The van der Waals surface area contributed by atoms with Gasteiger partial charge in [0.2, 0.25) is 0 Å². The quantitative estimate of drug-likeness (QED) is 0.388. The zero-order valence-corrected chi connectivity index (χ0v) is 16.8. The van der Waals surface area contributed by atoms with Crippen molar-refractivity contribution in [2.45, 2.75) is 6.92 Å². The number of ether oxygens (including phenoxy) is 1. The van der Waals surface area contributed by atoms with Gasteiger partial charge in [0.1, 0.15) is 5.75 Å². The Morgan fingerprint density at radius 3 is 2.43 bits per heavy atom. The average molecular weight is 398 g/mol. The van der Waals surface area contributed by atoms with Crippen LogP contribution in [-0.4, -0.2) is 28.4 Å². The predicted octanol–water partition coefficient (Wildman–Crippen LogP) is 4.35. The normalized spacial score (nSPS) is 11.0. The molecule has 0 unspecified atom stereocenters. The van der Waals surface area contributed by atoms with Crippen molar-refractivity contribution >= 4 is 12.1 Å².